The van der Waals surface area contributed by atoms with Crippen LogP contribution < -0.4 is 4.74 Å². The second-order valence-corrected chi connectivity index (χ2v) is 5.38. The number of halogens is 1. The summed E-state index contributed by atoms with van der Waals surface area (Å²) in [5.41, 5.74) is 1.66. The molecule has 0 aliphatic carbocycles. The summed E-state index contributed by atoms with van der Waals surface area (Å²) in [5.74, 6) is 0.555. The Labute approximate surface area is 131 Å². The summed E-state index contributed by atoms with van der Waals surface area (Å²) >= 11 is 3.43. The number of pyridine rings is 1. The van der Waals surface area contributed by atoms with Crippen molar-refractivity contribution in [3.8, 4) is 5.88 Å². The van der Waals surface area contributed by atoms with E-state index < -0.39 is 6.10 Å². The molecule has 6 nitrogen and oxygen atoms in total. The molecular formula is C14H18BrN3O3. The third kappa shape index (κ3) is 4.03. The highest BCUT2D eigenvalue weighted by molar-refractivity contribution is 9.10. The molecule has 0 amide bonds. The number of ether oxygens (including phenoxy) is 2. The molecule has 0 saturated heterocycles. The summed E-state index contributed by atoms with van der Waals surface area (Å²) in [6.45, 7) is 1.13. The molecule has 2 rings (SSSR count). The van der Waals surface area contributed by atoms with Crippen LogP contribution in [-0.4, -0.2) is 40.7 Å². The van der Waals surface area contributed by atoms with Gasteiger partial charge in [-0.2, -0.15) is 5.10 Å². The molecule has 21 heavy (non-hydrogen) atoms. The predicted octanol–water partition coefficient (Wildman–Crippen LogP) is 1.97. The van der Waals surface area contributed by atoms with Gasteiger partial charge in [-0.15, -0.1) is 0 Å². The maximum atomic E-state index is 10.5. The van der Waals surface area contributed by atoms with Gasteiger partial charge in [0.15, 0.2) is 0 Å². The quantitative estimate of drug-likeness (QED) is 0.822. The Morgan fingerprint density at radius 2 is 2.14 bits per heavy atom. The first-order chi connectivity index (χ1) is 10.2. The van der Waals surface area contributed by atoms with Crippen molar-refractivity contribution in [2.75, 3.05) is 20.8 Å². The third-order valence-corrected chi connectivity index (χ3v) is 3.70. The van der Waals surface area contributed by atoms with Gasteiger partial charge < -0.3 is 14.6 Å². The maximum absolute atomic E-state index is 10.5. The van der Waals surface area contributed by atoms with Crippen LogP contribution in [-0.2, 0) is 17.7 Å². The van der Waals surface area contributed by atoms with E-state index in [-0.39, 0.29) is 0 Å². The summed E-state index contributed by atoms with van der Waals surface area (Å²) in [6, 6.07) is 3.66. The van der Waals surface area contributed by atoms with E-state index in [4.69, 9.17) is 9.47 Å². The van der Waals surface area contributed by atoms with E-state index in [9.17, 15) is 5.11 Å². The highest BCUT2D eigenvalue weighted by Crippen LogP contribution is 2.26. The summed E-state index contributed by atoms with van der Waals surface area (Å²) in [5, 5.41) is 14.7. The molecule has 0 aliphatic rings. The van der Waals surface area contributed by atoms with Crippen LogP contribution in [0, 0.1) is 0 Å². The Morgan fingerprint density at radius 1 is 1.33 bits per heavy atom. The molecular weight excluding hydrogens is 338 g/mol. The molecule has 2 aromatic rings. The zero-order chi connectivity index (χ0) is 15.2. The molecule has 2 heterocycles. The number of hydrogen-bond acceptors (Lipinski definition) is 5. The highest BCUT2D eigenvalue weighted by atomic mass is 79.9. The molecule has 0 radical (unpaired) electrons. The number of hydrogen-bond donors (Lipinski definition) is 1. The lowest BCUT2D eigenvalue weighted by atomic mass is 10.1. The third-order valence-electron chi connectivity index (χ3n) is 3.09. The van der Waals surface area contributed by atoms with Gasteiger partial charge >= 0.3 is 0 Å². The number of methoxy groups -OCH3 is 2. The number of rotatable bonds is 7. The normalized spacial score (nSPS) is 12.4. The monoisotopic (exact) mass is 355 g/mol. The van der Waals surface area contributed by atoms with Crippen LogP contribution in [0.15, 0.2) is 29.0 Å². The Balaban J connectivity index is 2.11. The van der Waals surface area contributed by atoms with Gasteiger partial charge in [0.2, 0.25) is 5.88 Å². The van der Waals surface area contributed by atoms with E-state index in [0.29, 0.717) is 25.5 Å². The van der Waals surface area contributed by atoms with E-state index in [1.807, 2.05) is 6.07 Å². The Bertz CT molecular complexity index is 571. The number of nitrogens with zero attached hydrogens (tertiary/aromatic N) is 3. The van der Waals surface area contributed by atoms with Gasteiger partial charge in [-0.3, -0.25) is 4.68 Å². The van der Waals surface area contributed by atoms with Crippen LogP contribution in [0.3, 0.4) is 0 Å². The minimum absolute atomic E-state index is 0.453. The number of aliphatic hydroxyl groups is 1. The summed E-state index contributed by atoms with van der Waals surface area (Å²) in [6.07, 6.45) is 3.16. The second kappa shape index (κ2) is 7.53. The van der Waals surface area contributed by atoms with Crippen molar-refractivity contribution in [1.29, 1.82) is 0 Å². The lowest BCUT2D eigenvalue weighted by Crippen LogP contribution is -2.14. The zero-order valence-electron chi connectivity index (χ0n) is 12.0. The van der Waals surface area contributed by atoms with E-state index in [1.54, 1.807) is 37.4 Å². The smallest absolute Gasteiger partial charge is 0.212 e. The fourth-order valence-corrected chi connectivity index (χ4v) is 2.59. The van der Waals surface area contributed by atoms with Gasteiger partial charge in [-0.05, 0) is 21.5 Å². The van der Waals surface area contributed by atoms with Gasteiger partial charge in [0.05, 0.1) is 36.6 Å². The van der Waals surface area contributed by atoms with Crippen molar-refractivity contribution < 1.29 is 14.6 Å². The molecule has 0 aromatic carbocycles. The van der Waals surface area contributed by atoms with E-state index in [2.05, 4.69) is 26.0 Å². The maximum Gasteiger partial charge on any atom is 0.212 e. The fraction of sp³-hybridized carbons (Fsp3) is 0.429. The number of aliphatic hydroxyl groups excluding tert-OH is 1. The molecule has 0 fully saturated rings. The minimum Gasteiger partial charge on any atom is -0.481 e. The van der Waals surface area contributed by atoms with Crippen LogP contribution in [0.4, 0.5) is 0 Å². The largest absolute Gasteiger partial charge is 0.481 e. The van der Waals surface area contributed by atoms with E-state index in [1.165, 1.54) is 0 Å². The van der Waals surface area contributed by atoms with Crippen molar-refractivity contribution in [2.24, 2.45) is 0 Å². The Kier molecular flexibility index (Phi) is 5.72. The predicted molar refractivity (Wildman–Crippen MR) is 81.3 cm³/mol. The van der Waals surface area contributed by atoms with Crippen LogP contribution in [0.5, 0.6) is 5.88 Å². The highest BCUT2D eigenvalue weighted by Gasteiger charge is 2.18. The van der Waals surface area contributed by atoms with Gasteiger partial charge in [-0.25, -0.2) is 4.98 Å². The number of aromatic nitrogens is 3. The first kappa shape index (κ1) is 15.9. The molecule has 7 heteroatoms. The molecule has 2 aromatic heterocycles. The molecule has 0 bridgehead atoms. The fourth-order valence-electron chi connectivity index (χ4n) is 2.03. The summed E-state index contributed by atoms with van der Waals surface area (Å²) < 4.78 is 12.6. The second-order valence-electron chi connectivity index (χ2n) is 4.52. The first-order valence-electron chi connectivity index (χ1n) is 6.52. The Hall–Kier alpha value is -1.44. The van der Waals surface area contributed by atoms with Crippen molar-refractivity contribution >= 4 is 15.9 Å². The van der Waals surface area contributed by atoms with Gasteiger partial charge in [0.1, 0.15) is 6.10 Å². The zero-order valence-corrected chi connectivity index (χ0v) is 13.6. The van der Waals surface area contributed by atoms with Crippen LogP contribution in [0.25, 0.3) is 0 Å². The standard InChI is InChI=1S/C14H18BrN3O3/c1-20-6-5-18-14(11(15)9-17-18)12(19)7-10-3-4-13(21-2)16-8-10/h3-4,8-9,12,19H,5-7H2,1-2H3. The average Bonchev–Trinajstić information content (AvgIpc) is 2.87. The molecule has 1 atom stereocenters. The molecule has 1 N–H and O–H groups in total. The molecule has 1 unspecified atom stereocenters. The minimum atomic E-state index is -0.672. The molecule has 0 aliphatic heterocycles. The lowest BCUT2D eigenvalue weighted by molar-refractivity contribution is 0.152. The summed E-state index contributed by atoms with van der Waals surface area (Å²) in [4.78, 5) is 4.14. The van der Waals surface area contributed by atoms with Crippen molar-refractivity contribution in [3.05, 3.63) is 40.3 Å². The van der Waals surface area contributed by atoms with Crippen LogP contribution in [0.1, 0.15) is 17.4 Å². The first-order valence-corrected chi connectivity index (χ1v) is 7.32. The van der Waals surface area contributed by atoms with Crippen LogP contribution >= 0.6 is 15.9 Å². The topological polar surface area (TPSA) is 69.4 Å². The van der Waals surface area contributed by atoms with Crippen LogP contribution in [0.2, 0.25) is 0 Å². The van der Waals surface area contributed by atoms with E-state index >= 15 is 0 Å². The lowest BCUT2D eigenvalue weighted by Gasteiger charge is -2.14. The molecule has 114 valence electrons. The molecule has 0 spiro atoms. The average molecular weight is 356 g/mol. The molecule has 0 saturated carbocycles. The van der Waals surface area contributed by atoms with Crippen molar-refractivity contribution in [2.45, 2.75) is 19.1 Å². The van der Waals surface area contributed by atoms with Gasteiger partial charge in [0.25, 0.3) is 0 Å². The Morgan fingerprint density at radius 3 is 2.76 bits per heavy atom. The van der Waals surface area contributed by atoms with Crippen molar-refractivity contribution in [1.82, 2.24) is 14.8 Å². The van der Waals surface area contributed by atoms with E-state index in [0.717, 1.165) is 15.7 Å². The summed E-state index contributed by atoms with van der Waals surface area (Å²) in [7, 11) is 3.21. The van der Waals surface area contributed by atoms with Gasteiger partial charge in [0, 0.05) is 25.8 Å². The van der Waals surface area contributed by atoms with Crippen molar-refractivity contribution in [3.63, 3.8) is 0 Å². The SMILES string of the molecule is COCCn1ncc(Br)c1C(O)Cc1ccc(OC)nc1. The van der Waals surface area contributed by atoms with Gasteiger partial charge in [-0.1, -0.05) is 6.07 Å².